The first-order chi connectivity index (χ1) is 10.3. The molecule has 0 radical (unpaired) electrons. The van der Waals surface area contributed by atoms with E-state index in [1.807, 2.05) is 24.2 Å². The number of hydrogen-bond acceptors (Lipinski definition) is 4. The van der Waals surface area contributed by atoms with Crippen molar-refractivity contribution in [3.05, 3.63) is 42.6 Å². The third kappa shape index (κ3) is 4.43. The maximum absolute atomic E-state index is 12.6. The lowest BCUT2D eigenvalue weighted by Crippen LogP contribution is -2.46. The predicted molar refractivity (Wildman–Crippen MR) is 93.8 cm³/mol. The summed E-state index contributed by atoms with van der Waals surface area (Å²) in [6.07, 6.45) is 9.01. The Kier molecular flexibility index (Phi) is 7.48. The maximum Gasteiger partial charge on any atom is 0.254 e. The highest BCUT2D eigenvalue weighted by atomic mass is 35.5. The predicted octanol–water partition coefficient (Wildman–Crippen LogP) is 1.93. The SMILES string of the molecule is CNC1CCCN(C(=O)c2ccnc(-n3ccnc3)c2)C1.Cl.Cl. The van der Waals surface area contributed by atoms with Crippen LogP contribution in [0.2, 0.25) is 0 Å². The second-order valence-electron chi connectivity index (χ2n) is 5.25. The second-order valence-corrected chi connectivity index (χ2v) is 5.25. The van der Waals surface area contributed by atoms with Crippen molar-refractivity contribution in [2.45, 2.75) is 18.9 Å². The van der Waals surface area contributed by atoms with Crippen LogP contribution in [0.1, 0.15) is 23.2 Å². The fourth-order valence-corrected chi connectivity index (χ4v) is 2.67. The van der Waals surface area contributed by atoms with Crippen molar-refractivity contribution in [2.75, 3.05) is 20.1 Å². The van der Waals surface area contributed by atoms with E-state index in [2.05, 4.69) is 15.3 Å². The van der Waals surface area contributed by atoms with Gasteiger partial charge in [-0.2, -0.15) is 0 Å². The summed E-state index contributed by atoms with van der Waals surface area (Å²) in [6, 6.07) is 3.97. The van der Waals surface area contributed by atoms with Gasteiger partial charge in [0.05, 0.1) is 0 Å². The zero-order valence-electron chi connectivity index (χ0n) is 12.9. The van der Waals surface area contributed by atoms with E-state index < -0.39 is 0 Å². The Labute approximate surface area is 148 Å². The summed E-state index contributed by atoms with van der Waals surface area (Å²) in [5.74, 6) is 0.777. The lowest BCUT2D eigenvalue weighted by molar-refractivity contribution is 0.0698. The maximum atomic E-state index is 12.6. The summed E-state index contributed by atoms with van der Waals surface area (Å²) in [5, 5.41) is 3.26. The van der Waals surface area contributed by atoms with Gasteiger partial charge in [0.1, 0.15) is 12.1 Å². The Morgan fingerprint density at radius 2 is 2.17 bits per heavy atom. The summed E-state index contributed by atoms with van der Waals surface area (Å²) in [6.45, 7) is 1.58. The molecule has 2 aromatic heterocycles. The Morgan fingerprint density at radius 1 is 1.35 bits per heavy atom. The van der Waals surface area contributed by atoms with Crippen LogP contribution in [0, 0.1) is 0 Å². The first-order valence-electron chi connectivity index (χ1n) is 7.19. The summed E-state index contributed by atoms with van der Waals surface area (Å²) < 4.78 is 1.80. The molecular formula is C15H21Cl2N5O. The molecule has 8 heteroatoms. The number of piperidine rings is 1. The molecule has 1 saturated heterocycles. The number of amides is 1. The highest BCUT2D eigenvalue weighted by Crippen LogP contribution is 2.15. The van der Waals surface area contributed by atoms with Gasteiger partial charge < -0.3 is 10.2 Å². The van der Waals surface area contributed by atoms with Crippen molar-refractivity contribution in [3.8, 4) is 5.82 Å². The number of hydrogen-bond donors (Lipinski definition) is 1. The molecule has 0 aliphatic carbocycles. The number of aromatic nitrogens is 3. The molecule has 1 unspecified atom stereocenters. The number of likely N-dealkylation sites (tertiary alicyclic amines) is 1. The molecule has 1 aliphatic heterocycles. The number of nitrogens with one attached hydrogen (secondary N) is 1. The van der Waals surface area contributed by atoms with Crippen molar-refractivity contribution in [1.82, 2.24) is 24.8 Å². The van der Waals surface area contributed by atoms with Gasteiger partial charge in [-0.3, -0.25) is 9.36 Å². The molecule has 0 aromatic carbocycles. The van der Waals surface area contributed by atoms with Gasteiger partial charge in [-0.15, -0.1) is 24.8 Å². The third-order valence-electron chi connectivity index (χ3n) is 3.88. The first kappa shape index (κ1) is 19.4. The Morgan fingerprint density at radius 3 is 2.87 bits per heavy atom. The average molecular weight is 358 g/mol. The molecule has 1 N–H and O–H groups in total. The molecule has 3 heterocycles. The molecule has 2 aromatic rings. The van der Waals surface area contributed by atoms with Gasteiger partial charge in [0.25, 0.3) is 5.91 Å². The number of nitrogens with zero attached hydrogens (tertiary/aromatic N) is 4. The smallest absolute Gasteiger partial charge is 0.254 e. The van der Waals surface area contributed by atoms with Crippen LogP contribution in [0.5, 0.6) is 0 Å². The van der Waals surface area contributed by atoms with Crippen molar-refractivity contribution in [2.24, 2.45) is 0 Å². The van der Waals surface area contributed by atoms with E-state index in [9.17, 15) is 4.79 Å². The number of likely N-dealkylation sites (N-methyl/N-ethyl adjacent to an activating group) is 1. The number of carbonyl (C=O) groups is 1. The first-order valence-corrected chi connectivity index (χ1v) is 7.19. The average Bonchev–Trinajstić information content (AvgIpc) is 3.09. The van der Waals surface area contributed by atoms with Crippen LogP contribution >= 0.6 is 24.8 Å². The van der Waals surface area contributed by atoms with Crippen LogP contribution in [0.3, 0.4) is 0 Å². The highest BCUT2D eigenvalue weighted by Gasteiger charge is 2.23. The van der Waals surface area contributed by atoms with Gasteiger partial charge >= 0.3 is 0 Å². The van der Waals surface area contributed by atoms with Gasteiger partial charge in [-0.05, 0) is 32.0 Å². The Bertz CT molecular complexity index is 620. The van der Waals surface area contributed by atoms with E-state index in [0.717, 1.165) is 25.9 Å². The molecule has 1 amide bonds. The highest BCUT2D eigenvalue weighted by molar-refractivity contribution is 5.94. The Balaban J connectivity index is 0.00000132. The molecule has 6 nitrogen and oxygen atoms in total. The lowest BCUT2D eigenvalue weighted by atomic mass is 10.0. The number of carbonyl (C=O) groups excluding carboxylic acids is 1. The Hall–Kier alpha value is -1.63. The number of rotatable bonds is 3. The summed E-state index contributed by atoms with van der Waals surface area (Å²) in [5.41, 5.74) is 0.672. The fourth-order valence-electron chi connectivity index (χ4n) is 2.67. The van der Waals surface area contributed by atoms with Gasteiger partial charge in [-0.25, -0.2) is 9.97 Å². The monoisotopic (exact) mass is 357 g/mol. The third-order valence-corrected chi connectivity index (χ3v) is 3.88. The van der Waals surface area contributed by atoms with E-state index in [1.54, 1.807) is 29.4 Å². The zero-order valence-corrected chi connectivity index (χ0v) is 14.5. The van der Waals surface area contributed by atoms with Gasteiger partial charge in [0.2, 0.25) is 0 Å². The van der Waals surface area contributed by atoms with Crippen molar-refractivity contribution in [3.63, 3.8) is 0 Å². The molecule has 1 atom stereocenters. The van der Waals surface area contributed by atoms with E-state index in [-0.39, 0.29) is 30.7 Å². The fraction of sp³-hybridized carbons (Fsp3) is 0.400. The lowest BCUT2D eigenvalue weighted by Gasteiger charge is -2.32. The summed E-state index contributed by atoms with van der Waals surface area (Å²) in [4.78, 5) is 22.8. The molecule has 1 fully saturated rings. The molecule has 23 heavy (non-hydrogen) atoms. The van der Waals surface area contributed by atoms with Gasteiger partial charge in [0.15, 0.2) is 0 Å². The van der Waals surface area contributed by atoms with E-state index >= 15 is 0 Å². The second kappa shape index (κ2) is 8.86. The van der Waals surface area contributed by atoms with Crippen LogP contribution in [0.25, 0.3) is 5.82 Å². The van der Waals surface area contributed by atoms with Gasteiger partial charge in [-0.1, -0.05) is 0 Å². The van der Waals surface area contributed by atoms with Crippen LogP contribution in [-0.4, -0.2) is 51.5 Å². The quantitative estimate of drug-likeness (QED) is 0.911. The minimum Gasteiger partial charge on any atom is -0.337 e. The van der Waals surface area contributed by atoms with Crippen molar-refractivity contribution in [1.29, 1.82) is 0 Å². The number of halogens is 2. The zero-order chi connectivity index (χ0) is 14.7. The van der Waals surface area contributed by atoms with E-state index in [1.165, 1.54) is 0 Å². The number of pyridine rings is 1. The number of imidazole rings is 1. The standard InChI is InChI=1S/C15H19N5O.2ClH/c1-16-13-3-2-7-19(10-13)15(21)12-4-5-18-14(9-12)20-8-6-17-11-20;;/h4-6,8-9,11,13,16H,2-3,7,10H2,1H3;2*1H. The molecule has 3 rings (SSSR count). The van der Waals surface area contributed by atoms with Crippen molar-refractivity contribution >= 4 is 30.7 Å². The topological polar surface area (TPSA) is 63.1 Å². The molecule has 126 valence electrons. The van der Waals surface area contributed by atoms with E-state index in [0.29, 0.717) is 17.4 Å². The van der Waals surface area contributed by atoms with Crippen molar-refractivity contribution < 1.29 is 4.79 Å². The van der Waals surface area contributed by atoms with E-state index in [4.69, 9.17) is 0 Å². The minimum absolute atomic E-state index is 0. The molecule has 0 spiro atoms. The summed E-state index contributed by atoms with van der Waals surface area (Å²) >= 11 is 0. The normalized spacial score (nSPS) is 17.1. The van der Waals surface area contributed by atoms with Crippen LogP contribution in [0.4, 0.5) is 0 Å². The molecular weight excluding hydrogens is 337 g/mol. The van der Waals surface area contributed by atoms with Crippen LogP contribution in [0.15, 0.2) is 37.1 Å². The minimum atomic E-state index is 0. The van der Waals surface area contributed by atoms with Gasteiger partial charge in [0, 0.05) is 43.3 Å². The largest absolute Gasteiger partial charge is 0.337 e. The molecule has 0 saturated carbocycles. The molecule has 0 bridgehead atoms. The van der Waals surface area contributed by atoms with Crippen LogP contribution < -0.4 is 5.32 Å². The molecule has 1 aliphatic rings. The van der Waals surface area contributed by atoms with Crippen LogP contribution in [-0.2, 0) is 0 Å². The summed E-state index contributed by atoms with van der Waals surface area (Å²) in [7, 11) is 1.95.